The second-order valence-corrected chi connectivity index (χ2v) is 5.01. The van der Waals surface area contributed by atoms with Crippen molar-refractivity contribution in [2.45, 2.75) is 6.92 Å². The molecule has 2 aromatic carbocycles. The van der Waals surface area contributed by atoms with Crippen LogP contribution in [-0.4, -0.2) is 15.1 Å². The molecular weight excluding hydrogens is 308 g/mol. The van der Waals surface area contributed by atoms with Crippen LogP contribution in [0.4, 0.5) is 28.6 Å². The van der Waals surface area contributed by atoms with Crippen LogP contribution in [0.3, 0.4) is 0 Å². The van der Waals surface area contributed by atoms with E-state index in [1.807, 2.05) is 30.3 Å². The van der Waals surface area contributed by atoms with Crippen LogP contribution in [0.2, 0.25) is 0 Å². The number of benzene rings is 2. The minimum Gasteiger partial charge on any atom is -0.333 e. The third-order valence-corrected chi connectivity index (χ3v) is 3.26. The first kappa shape index (κ1) is 15.3. The van der Waals surface area contributed by atoms with Crippen LogP contribution in [-0.2, 0) is 0 Å². The largest absolute Gasteiger partial charge is 0.333 e. The number of aromatic amines is 1. The first-order valence-electron chi connectivity index (χ1n) is 7.17. The average molecular weight is 322 g/mol. The van der Waals surface area contributed by atoms with Crippen LogP contribution in [0, 0.1) is 17.0 Å². The zero-order valence-electron chi connectivity index (χ0n) is 12.8. The minimum absolute atomic E-state index is 0.0668. The predicted molar refractivity (Wildman–Crippen MR) is 90.3 cm³/mol. The van der Waals surface area contributed by atoms with E-state index in [9.17, 15) is 10.1 Å². The standard InChI is InChI=1S/C16H14N6O2/c1-11-15(22(23)24)16(21-18-11)17-12-7-9-14(10-8-12)20-19-13-5-3-2-4-6-13/h2-10H,1H3,(H2,17,18,21). The summed E-state index contributed by atoms with van der Waals surface area (Å²) in [5.41, 5.74) is 2.45. The molecule has 0 aliphatic heterocycles. The van der Waals surface area contributed by atoms with Crippen LogP contribution in [0.1, 0.15) is 5.69 Å². The van der Waals surface area contributed by atoms with Crippen molar-refractivity contribution in [2.24, 2.45) is 10.2 Å². The molecule has 2 N–H and O–H groups in total. The van der Waals surface area contributed by atoms with Gasteiger partial charge in [-0.2, -0.15) is 10.2 Å². The van der Waals surface area contributed by atoms with Gasteiger partial charge in [-0.15, -0.1) is 5.10 Å². The molecule has 0 bridgehead atoms. The van der Waals surface area contributed by atoms with Crippen molar-refractivity contribution >= 4 is 28.6 Å². The lowest BCUT2D eigenvalue weighted by atomic mass is 10.3. The molecule has 1 aromatic heterocycles. The monoisotopic (exact) mass is 322 g/mol. The first-order chi connectivity index (χ1) is 11.6. The number of nitrogens with zero attached hydrogens (tertiary/aromatic N) is 4. The molecule has 0 amide bonds. The quantitative estimate of drug-likeness (QED) is 0.400. The molecule has 8 heteroatoms. The minimum atomic E-state index is -0.469. The molecule has 0 saturated carbocycles. The molecule has 8 nitrogen and oxygen atoms in total. The van der Waals surface area contributed by atoms with Crippen molar-refractivity contribution in [2.75, 3.05) is 5.32 Å². The van der Waals surface area contributed by atoms with E-state index in [1.54, 1.807) is 31.2 Å². The number of hydrogen-bond acceptors (Lipinski definition) is 6. The van der Waals surface area contributed by atoms with E-state index in [-0.39, 0.29) is 11.5 Å². The van der Waals surface area contributed by atoms with E-state index in [4.69, 9.17) is 0 Å². The Morgan fingerprint density at radius 1 is 1.04 bits per heavy atom. The highest BCUT2D eigenvalue weighted by Crippen LogP contribution is 2.29. The highest BCUT2D eigenvalue weighted by atomic mass is 16.6. The molecule has 3 rings (SSSR count). The van der Waals surface area contributed by atoms with E-state index in [0.29, 0.717) is 17.1 Å². The van der Waals surface area contributed by atoms with E-state index >= 15 is 0 Å². The molecule has 0 unspecified atom stereocenters. The lowest BCUT2D eigenvalue weighted by Gasteiger charge is -2.02. The first-order valence-corrected chi connectivity index (χ1v) is 7.17. The third-order valence-electron chi connectivity index (χ3n) is 3.26. The van der Waals surface area contributed by atoms with Gasteiger partial charge in [-0.1, -0.05) is 18.2 Å². The Morgan fingerprint density at radius 2 is 1.67 bits per heavy atom. The molecule has 0 aliphatic rings. The van der Waals surface area contributed by atoms with Gasteiger partial charge >= 0.3 is 5.69 Å². The SMILES string of the molecule is Cc1[nH]nc(Nc2ccc(N=Nc3ccccc3)cc2)c1[N+](=O)[O-]. The van der Waals surface area contributed by atoms with Gasteiger partial charge in [-0.3, -0.25) is 15.2 Å². The third kappa shape index (κ3) is 3.43. The van der Waals surface area contributed by atoms with E-state index in [1.165, 1.54) is 0 Å². The number of anilines is 2. The molecule has 0 atom stereocenters. The lowest BCUT2D eigenvalue weighted by Crippen LogP contribution is -1.96. The number of azo groups is 1. The number of aromatic nitrogens is 2. The van der Waals surface area contributed by atoms with Gasteiger partial charge < -0.3 is 5.32 Å². The lowest BCUT2D eigenvalue weighted by molar-refractivity contribution is -0.384. The number of hydrogen-bond donors (Lipinski definition) is 2. The number of aryl methyl sites for hydroxylation is 1. The van der Waals surface area contributed by atoms with Crippen molar-refractivity contribution in [3.63, 3.8) is 0 Å². The fraction of sp³-hybridized carbons (Fsp3) is 0.0625. The van der Waals surface area contributed by atoms with Gasteiger partial charge in [0.2, 0.25) is 5.82 Å². The summed E-state index contributed by atoms with van der Waals surface area (Å²) in [5.74, 6) is 0.177. The zero-order chi connectivity index (χ0) is 16.9. The van der Waals surface area contributed by atoms with Gasteiger partial charge in [0.1, 0.15) is 5.69 Å². The Kier molecular flexibility index (Phi) is 4.28. The Morgan fingerprint density at radius 3 is 2.29 bits per heavy atom. The van der Waals surface area contributed by atoms with Crippen LogP contribution >= 0.6 is 0 Å². The summed E-state index contributed by atoms with van der Waals surface area (Å²) < 4.78 is 0. The Hall–Kier alpha value is -3.55. The summed E-state index contributed by atoms with van der Waals surface area (Å²) in [6.07, 6.45) is 0. The summed E-state index contributed by atoms with van der Waals surface area (Å²) in [5, 5.41) is 28.7. The van der Waals surface area contributed by atoms with Crippen LogP contribution in [0.15, 0.2) is 64.8 Å². The van der Waals surface area contributed by atoms with Crippen LogP contribution in [0.5, 0.6) is 0 Å². The number of rotatable bonds is 5. The number of nitro groups is 1. The maximum Gasteiger partial charge on any atom is 0.333 e. The Bertz CT molecular complexity index is 871. The molecule has 120 valence electrons. The zero-order valence-corrected chi connectivity index (χ0v) is 12.8. The highest BCUT2D eigenvalue weighted by Gasteiger charge is 2.21. The second kappa shape index (κ2) is 6.69. The maximum atomic E-state index is 11.0. The van der Waals surface area contributed by atoms with Gasteiger partial charge in [0.15, 0.2) is 0 Å². The smallest absolute Gasteiger partial charge is 0.333 e. The molecule has 0 spiro atoms. The fourth-order valence-corrected chi connectivity index (χ4v) is 2.09. The van der Waals surface area contributed by atoms with Gasteiger partial charge in [0.05, 0.1) is 16.3 Å². The Labute approximate surface area is 137 Å². The molecule has 0 aliphatic carbocycles. The summed E-state index contributed by atoms with van der Waals surface area (Å²) in [6.45, 7) is 1.60. The molecule has 0 fully saturated rings. The molecule has 3 aromatic rings. The van der Waals surface area contributed by atoms with Crippen molar-refractivity contribution in [3.8, 4) is 0 Å². The van der Waals surface area contributed by atoms with E-state index in [0.717, 1.165) is 5.69 Å². The average Bonchev–Trinajstić information content (AvgIpc) is 2.96. The normalized spacial score (nSPS) is 10.9. The summed E-state index contributed by atoms with van der Waals surface area (Å²) in [7, 11) is 0. The van der Waals surface area contributed by atoms with Crippen molar-refractivity contribution in [1.82, 2.24) is 10.2 Å². The van der Waals surface area contributed by atoms with Crippen molar-refractivity contribution in [3.05, 3.63) is 70.4 Å². The number of nitrogens with one attached hydrogen (secondary N) is 2. The van der Waals surface area contributed by atoms with Gasteiger partial charge in [-0.05, 0) is 43.3 Å². The Balaban J connectivity index is 1.73. The molecule has 0 saturated heterocycles. The van der Waals surface area contributed by atoms with E-state index in [2.05, 4.69) is 25.7 Å². The second-order valence-electron chi connectivity index (χ2n) is 5.01. The molecule has 1 heterocycles. The molecular formula is C16H14N6O2. The fourth-order valence-electron chi connectivity index (χ4n) is 2.09. The highest BCUT2D eigenvalue weighted by molar-refractivity contribution is 5.67. The van der Waals surface area contributed by atoms with Crippen molar-refractivity contribution < 1.29 is 4.92 Å². The summed E-state index contributed by atoms with van der Waals surface area (Å²) in [6, 6.07) is 16.5. The van der Waals surface area contributed by atoms with E-state index < -0.39 is 4.92 Å². The summed E-state index contributed by atoms with van der Waals surface area (Å²) >= 11 is 0. The van der Waals surface area contributed by atoms with Crippen LogP contribution < -0.4 is 5.32 Å². The van der Waals surface area contributed by atoms with Gasteiger partial charge in [0, 0.05) is 5.69 Å². The van der Waals surface area contributed by atoms with Crippen LogP contribution in [0.25, 0.3) is 0 Å². The summed E-state index contributed by atoms with van der Waals surface area (Å²) in [4.78, 5) is 10.6. The predicted octanol–water partition coefficient (Wildman–Crippen LogP) is 4.79. The maximum absolute atomic E-state index is 11.0. The molecule has 0 radical (unpaired) electrons. The van der Waals surface area contributed by atoms with Gasteiger partial charge in [0.25, 0.3) is 0 Å². The van der Waals surface area contributed by atoms with Crippen molar-refractivity contribution in [1.29, 1.82) is 0 Å². The number of H-pyrrole nitrogens is 1. The topological polar surface area (TPSA) is 109 Å². The molecule has 24 heavy (non-hydrogen) atoms. The van der Waals surface area contributed by atoms with Gasteiger partial charge in [-0.25, -0.2) is 0 Å².